The molecular formula is C14H24N2O. The van der Waals surface area contributed by atoms with Gasteiger partial charge in [-0.25, -0.2) is 0 Å². The zero-order valence-corrected chi connectivity index (χ0v) is 10.8. The van der Waals surface area contributed by atoms with Crippen LogP contribution in [0.25, 0.3) is 0 Å². The summed E-state index contributed by atoms with van der Waals surface area (Å²) in [6.45, 7) is 4.20. The largest absolute Gasteiger partial charge is 0.393 e. The van der Waals surface area contributed by atoms with Gasteiger partial charge in [0.15, 0.2) is 0 Å². The molecule has 0 amide bonds. The molecule has 3 atom stereocenters. The van der Waals surface area contributed by atoms with Crippen LogP contribution in [0.15, 0.2) is 0 Å². The summed E-state index contributed by atoms with van der Waals surface area (Å²) in [7, 11) is 0. The molecule has 1 N–H and O–H groups in total. The Labute approximate surface area is 104 Å². The van der Waals surface area contributed by atoms with E-state index >= 15 is 0 Å². The second-order valence-electron chi connectivity index (χ2n) is 5.66. The van der Waals surface area contributed by atoms with Gasteiger partial charge in [0.1, 0.15) is 0 Å². The minimum absolute atomic E-state index is 0.114. The predicted molar refractivity (Wildman–Crippen MR) is 67.3 cm³/mol. The fourth-order valence-corrected chi connectivity index (χ4v) is 3.37. The third kappa shape index (κ3) is 3.00. The molecule has 0 aromatic rings. The Morgan fingerprint density at radius 1 is 1.24 bits per heavy atom. The van der Waals surface area contributed by atoms with Crippen LogP contribution in [-0.2, 0) is 0 Å². The summed E-state index contributed by atoms with van der Waals surface area (Å²) in [5, 5.41) is 18.8. The first kappa shape index (κ1) is 12.9. The quantitative estimate of drug-likeness (QED) is 0.799. The topological polar surface area (TPSA) is 47.3 Å². The normalized spacial score (nSPS) is 36.6. The van der Waals surface area contributed by atoms with Crippen molar-refractivity contribution in [2.75, 3.05) is 13.1 Å². The molecule has 0 bridgehead atoms. The molecule has 2 aliphatic rings. The molecule has 1 saturated heterocycles. The van der Waals surface area contributed by atoms with E-state index in [9.17, 15) is 10.4 Å². The highest BCUT2D eigenvalue weighted by Gasteiger charge is 2.35. The summed E-state index contributed by atoms with van der Waals surface area (Å²) in [5.41, 5.74) is 0. The van der Waals surface area contributed by atoms with E-state index < -0.39 is 0 Å². The van der Waals surface area contributed by atoms with Crippen molar-refractivity contribution in [3.63, 3.8) is 0 Å². The van der Waals surface area contributed by atoms with Crippen LogP contribution in [0.5, 0.6) is 0 Å². The van der Waals surface area contributed by atoms with Gasteiger partial charge in [0.05, 0.1) is 18.1 Å². The standard InChI is InChI=1S/C14H24N2O/c1-2-11-3-4-12(10-15)14(9-11)16-7-5-13(17)6-8-16/h11-14,17H,2-9H2,1H3. The molecule has 3 unspecified atom stereocenters. The minimum atomic E-state index is -0.114. The number of aliphatic hydroxyl groups is 1. The van der Waals surface area contributed by atoms with Crippen LogP contribution in [0.3, 0.4) is 0 Å². The van der Waals surface area contributed by atoms with Crippen LogP contribution in [0, 0.1) is 23.2 Å². The number of piperidine rings is 1. The fourth-order valence-electron chi connectivity index (χ4n) is 3.37. The van der Waals surface area contributed by atoms with Gasteiger partial charge < -0.3 is 5.11 Å². The fraction of sp³-hybridized carbons (Fsp3) is 0.929. The van der Waals surface area contributed by atoms with Crippen LogP contribution < -0.4 is 0 Å². The van der Waals surface area contributed by atoms with Crippen molar-refractivity contribution < 1.29 is 5.11 Å². The average Bonchev–Trinajstić information content (AvgIpc) is 2.39. The van der Waals surface area contributed by atoms with Crippen LogP contribution in [-0.4, -0.2) is 35.2 Å². The zero-order chi connectivity index (χ0) is 12.3. The summed E-state index contributed by atoms with van der Waals surface area (Å²) < 4.78 is 0. The van der Waals surface area contributed by atoms with Crippen LogP contribution in [0.4, 0.5) is 0 Å². The van der Waals surface area contributed by atoms with E-state index in [1.807, 2.05) is 0 Å². The van der Waals surface area contributed by atoms with Gasteiger partial charge in [0, 0.05) is 19.1 Å². The van der Waals surface area contributed by atoms with Gasteiger partial charge >= 0.3 is 0 Å². The summed E-state index contributed by atoms with van der Waals surface area (Å²) in [6.07, 6.45) is 6.37. The monoisotopic (exact) mass is 236 g/mol. The molecule has 0 aromatic heterocycles. The highest BCUT2D eigenvalue weighted by molar-refractivity contribution is 4.98. The highest BCUT2D eigenvalue weighted by atomic mass is 16.3. The lowest BCUT2D eigenvalue weighted by Gasteiger charge is -2.42. The lowest BCUT2D eigenvalue weighted by Crippen LogP contribution is -2.48. The van der Waals surface area contributed by atoms with E-state index in [1.54, 1.807) is 0 Å². The van der Waals surface area contributed by atoms with Crippen molar-refractivity contribution in [1.82, 2.24) is 4.90 Å². The molecule has 2 rings (SSSR count). The van der Waals surface area contributed by atoms with Crippen molar-refractivity contribution in [2.45, 2.75) is 57.6 Å². The molecular weight excluding hydrogens is 212 g/mol. The Morgan fingerprint density at radius 2 is 1.94 bits per heavy atom. The Kier molecular flexibility index (Phi) is 4.42. The molecule has 1 aliphatic carbocycles. The number of hydrogen-bond donors (Lipinski definition) is 1. The van der Waals surface area contributed by atoms with E-state index in [1.165, 1.54) is 19.3 Å². The van der Waals surface area contributed by atoms with Gasteiger partial charge in [0.2, 0.25) is 0 Å². The summed E-state index contributed by atoms with van der Waals surface area (Å²) in [6, 6.07) is 2.95. The maximum atomic E-state index is 9.55. The lowest BCUT2D eigenvalue weighted by atomic mass is 9.76. The molecule has 0 radical (unpaired) electrons. The third-order valence-electron chi connectivity index (χ3n) is 4.64. The second kappa shape index (κ2) is 5.84. The zero-order valence-electron chi connectivity index (χ0n) is 10.8. The summed E-state index contributed by atoms with van der Waals surface area (Å²) in [4.78, 5) is 2.46. The molecule has 2 fully saturated rings. The molecule has 17 heavy (non-hydrogen) atoms. The molecule has 1 heterocycles. The smallest absolute Gasteiger partial charge is 0.0672 e. The maximum absolute atomic E-state index is 9.55. The van der Waals surface area contributed by atoms with E-state index in [0.29, 0.717) is 6.04 Å². The van der Waals surface area contributed by atoms with E-state index in [4.69, 9.17) is 0 Å². The van der Waals surface area contributed by atoms with Crippen LogP contribution >= 0.6 is 0 Å². The Balaban J connectivity index is 1.97. The van der Waals surface area contributed by atoms with E-state index in [-0.39, 0.29) is 12.0 Å². The number of nitriles is 1. The van der Waals surface area contributed by atoms with Gasteiger partial charge in [-0.15, -0.1) is 0 Å². The first-order valence-corrected chi connectivity index (χ1v) is 7.06. The Morgan fingerprint density at radius 3 is 2.53 bits per heavy atom. The van der Waals surface area contributed by atoms with E-state index in [0.717, 1.165) is 38.3 Å². The third-order valence-corrected chi connectivity index (χ3v) is 4.64. The second-order valence-corrected chi connectivity index (χ2v) is 5.66. The first-order chi connectivity index (χ1) is 8.24. The van der Waals surface area contributed by atoms with Crippen molar-refractivity contribution in [1.29, 1.82) is 5.26 Å². The molecule has 3 nitrogen and oxygen atoms in total. The minimum Gasteiger partial charge on any atom is -0.393 e. The first-order valence-electron chi connectivity index (χ1n) is 7.06. The molecule has 1 aliphatic heterocycles. The molecule has 96 valence electrons. The number of likely N-dealkylation sites (tertiary alicyclic amines) is 1. The van der Waals surface area contributed by atoms with Gasteiger partial charge in [-0.2, -0.15) is 5.26 Å². The summed E-state index contributed by atoms with van der Waals surface area (Å²) in [5.74, 6) is 1.02. The maximum Gasteiger partial charge on any atom is 0.0672 e. The van der Waals surface area contributed by atoms with Crippen molar-refractivity contribution in [3.8, 4) is 6.07 Å². The van der Waals surface area contributed by atoms with Gasteiger partial charge in [0.25, 0.3) is 0 Å². The number of rotatable bonds is 2. The lowest BCUT2D eigenvalue weighted by molar-refractivity contribution is 0.0300. The summed E-state index contributed by atoms with van der Waals surface area (Å²) >= 11 is 0. The van der Waals surface area contributed by atoms with Crippen molar-refractivity contribution >= 4 is 0 Å². The highest BCUT2D eigenvalue weighted by Crippen LogP contribution is 2.34. The predicted octanol–water partition coefficient (Wildman–Crippen LogP) is 2.16. The molecule has 3 heteroatoms. The molecule has 0 spiro atoms. The number of nitrogens with zero attached hydrogens (tertiary/aromatic N) is 2. The van der Waals surface area contributed by atoms with Gasteiger partial charge in [-0.3, -0.25) is 4.90 Å². The van der Waals surface area contributed by atoms with E-state index in [2.05, 4.69) is 17.9 Å². The average molecular weight is 236 g/mol. The Hall–Kier alpha value is -0.590. The number of hydrogen-bond acceptors (Lipinski definition) is 3. The van der Waals surface area contributed by atoms with Crippen LogP contribution in [0.1, 0.15) is 45.4 Å². The van der Waals surface area contributed by atoms with Crippen molar-refractivity contribution in [2.24, 2.45) is 11.8 Å². The number of aliphatic hydroxyl groups excluding tert-OH is 1. The SMILES string of the molecule is CCC1CCC(C#N)C(N2CCC(O)CC2)C1. The van der Waals surface area contributed by atoms with Gasteiger partial charge in [-0.1, -0.05) is 13.3 Å². The van der Waals surface area contributed by atoms with Gasteiger partial charge in [-0.05, 0) is 38.0 Å². The van der Waals surface area contributed by atoms with Crippen molar-refractivity contribution in [3.05, 3.63) is 0 Å². The Bertz CT molecular complexity index is 278. The molecule has 0 aromatic carbocycles. The molecule has 1 saturated carbocycles. The van der Waals surface area contributed by atoms with Crippen LogP contribution in [0.2, 0.25) is 0 Å².